The summed E-state index contributed by atoms with van der Waals surface area (Å²) in [6.07, 6.45) is 4.49. The van der Waals surface area contributed by atoms with Gasteiger partial charge in [-0.25, -0.2) is 0 Å². The Morgan fingerprint density at radius 3 is 2.57 bits per heavy atom. The summed E-state index contributed by atoms with van der Waals surface area (Å²) in [7, 11) is 0. The highest BCUT2D eigenvalue weighted by Gasteiger charge is 2.37. The predicted molar refractivity (Wildman–Crippen MR) is 93.3 cm³/mol. The molecule has 23 heavy (non-hydrogen) atoms. The summed E-state index contributed by atoms with van der Waals surface area (Å²) in [5.41, 5.74) is 1.90. The summed E-state index contributed by atoms with van der Waals surface area (Å²) in [4.78, 5) is 26.4. The molecule has 0 radical (unpaired) electrons. The number of nitrogens with zero attached hydrogens (tertiary/aromatic N) is 2. The highest BCUT2D eigenvalue weighted by atomic mass is 32.2. The molecule has 2 aromatic rings. The molecule has 1 aliphatic rings. The molecular formula is C18H18N2O2S. The van der Waals surface area contributed by atoms with Gasteiger partial charge in [0.2, 0.25) is 0 Å². The fourth-order valence-corrected chi connectivity index (χ4v) is 3.43. The van der Waals surface area contributed by atoms with Gasteiger partial charge in [-0.3, -0.25) is 14.5 Å². The second kappa shape index (κ2) is 6.46. The van der Waals surface area contributed by atoms with E-state index < -0.39 is 0 Å². The molecule has 0 spiro atoms. The van der Waals surface area contributed by atoms with E-state index >= 15 is 0 Å². The lowest BCUT2D eigenvalue weighted by Gasteiger charge is -2.19. The Hall–Kier alpha value is -2.27. The number of hydrogen-bond acceptors (Lipinski definition) is 3. The molecule has 0 N–H and O–H groups in total. The number of aromatic nitrogens is 1. The highest BCUT2D eigenvalue weighted by molar-refractivity contribution is 8.18. The Kier molecular flexibility index (Phi) is 4.39. The van der Waals surface area contributed by atoms with Gasteiger partial charge in [-0.05, 0) is 55.4 Å². The number of carbonyl (C=O) groups is 2. The fourth-order valence-electron chi connectivity index (χ4n) is 2.51. The third-order valence-electron chi connectivity index (χ3n) is 3.95. The first-order chi connectivity index (χ1) is 11.1. The summed E-state index contributed by atoms with van der Waals surface area (Å²) in [6, 6.07) is 13.7. The van der Waals surface area contributed by atoms with Crippen molar-refractivity contribution in [2.45, 2.75) is 26.3 Å². The average molecular weight is 326 g/mol. The Bertz CT molecular complexity index is 764. The lowest BCUT2D eigenvalue weighted by atomic mass is 10.2. The zero-order valence-corrected chi connectivity index (χ0v) is 13.9. The third kappa shape index (κ3) is 2.97. The topological polar surface area (TPSA) is 42.3 Å². The molecule has 1 atom stereocenters. The second-order valence-electron chi connectivity index (χ2n) is 5.45. The number of para-hydroxylation sites is 1. The van der Waals surface area contributed by atoms with Gasteiger partial charge in [-0.2, -0.15) is 0 Å². The van der Waals surface area contributed by atoms with Gasteiger partial charge in [0.15, 0.2) is 0 Å². The molecule has 2 heterocycles. The maximum Gasteiger partial charge on any atom is 0.293 e. The van der Waals surface area contributed by atoms with Crippen LogP contribution in [0.25, 0.3) is 11.8 Å². The van der Waals surface area contributed by atoms with Crippen molar-refractivity contribution in [1.29, 1.82) is 0 Å². The number of rotatable bonds is 4. The van der Waals surface area contributed by atoms with E-state index in [1.807, 2.05) is 67.1 Å². The van der Waals surface area contributed by atoms with Gasteiger partial charge in [-0.15, -0.1) is 0 Å². The lowest BCUT2D eigenvalue weighted by molar-refractivity contribution is -0.124. The first-order valence-electron chi connectivity index (χ1n) is 7.61. The van der Waals surface area contributed by atoms with E-state index in [0.717, 1.165) is 29.6 Å². The van der Waals surface area contributed by atoms with Gasteiger partial charge < -0.3 is 4.57 Å². The molecule has 0 aliphatic carbocycles. The monoisotopic (exact) mass is 326 g/mol. The molecule has 118 valence electrons. The molecule has 0 unspecified atom stereocenters. The Morgan fingerprint density at radius 2 is 1.87 bits per heavy atom. The minimum Gasteiger partial charge on any atom is -0.317 e. The molecule has 2 amide bonds. The van der Waals surface area contributed by atoms with Crippen LogP contribution in [0.3, 0.4) is 0 Å². The normalized spacial score (nSPS) is 18.0. The number of carbonyl (C=O) groups excluding carboxylic acids is 2. The van der Waals surface area contributed by atoms with Crippen LogP contribution in [0.5, 0.6) is 0 Å². The van der Waals surface area contributed by atoms with Gasteiger partial charge in [0.25, 0.3) is 11.1 Å². The number of amides is 2. The molecular weight excluding hydrogens is 308 g/mol. The zero-order valence-electron chi connectivity index (χ0n) is 13.1. The SMILES string of the molecule is CC[C@@H](C)N1C(=O)S/C(=C/c2cccn2-c2ccccc2)C1=O. The molecule has 3 rings (SSSR count). The number of thioether (sulfide) groups is 1. The van der Waals surface area contributed by atoms with Gasteiger partial charge in [-0.1, -0.05) is 25.1 Å². The van der Waals surface area contributed by atoms with E-state index in [1.54, 1.807) is 6.08 Å². The standard InChI is InChI=1S/C18H18N2O2S/c1-3-13(2)20-17(21)16(23-18(20)22)12-15-10-7-11-19(15)14-8-5-4-6-9-14/h4-13H,3H2,1-2H3/b16-12+/t13-/m1/s1. The Labute approximate surface area is 139 Å². The summed E-state index contributed by atoms with van der Waals surface area (Å²) >= 11 is 1.01. The van der Waals surface area contributed by atoms with Crippen molar-refractivity contribution in [2.24, 2.45) is 0 Å². The van der Waals surface area contributed by atoms with Crippen LogP contribution in [0, 0.1) is 0 Å². The summed E-state index contributed by atoms with van der Waals surface area (Å²) in [5.74, 6) is -0.199. The summed E-state index contributed by atoms with van der Waals surface area (Å²) in [6.45, 7) is 3.87. The van der Waals surface area contributed by atoms with E-state index in [9.17, 15) is 9.59 Å². The summed E-state index contributed by atoms with van der Waals surface area (Å²) < 4.78 is 2.00. The largest absolute Gasteiger partial charge is 0.317 e. The van der Waals surface area contributed by atoms with Crippen LogP contribution in [-0.4, -0.2) is 26.7 Å². The smallest absolute Gasteiger partial charge is 0.293 e. The Morgan fingerprint density at radius 1 is 1.13 bits per heavy atom. The van der Waals surface area contributed by atoms with Crippen molar-refractivity contribution in [3.63, 3.8) is 0 Å². The highest BCUT2D eigenvalue weighted by Crippen LogP contribution is 2.34. The van der Waals surface area contributed by atoms with Crippen LogP contribution in [0.1, 0.15) is 26.0 Å². The van der Waals surface area contributed by atoms with Crippen LogP contribution < -0.4 is 0 Å². The molecule has 1 aliphatic heterocycles. The van der Waals surface area contributed by atoms with Crippen molar-refractivity contribution in [3.05, 3.63) is 59.3 Å². The molecule has 1 aromatic carbocycles. The molecule has 0 saturated carbocycles. The van der Waals surface area contributed by atoms with E-state index in [0.29, 0.717) is 4.91 Å². The first kappa shape index (κ1) is 15.6. The van der Waals surface area contributed by atoms with E-state index in [4.69, 9.17) is 0 Å². The molecule has 1 fully saturated rings. The maximum absolute atomic E-state index is 12.5. The third-order valence-corrected chi connectivity index (χ3v) is 4.83. The van der Waals surface area contributed by atoms with Gasteiger partial charge in [0, 0.05) is 23.6 Å². The van der Waals surface area contributed by atoms with Crippen LogP contribution >= 0.6 is 11.8 Å². The van der Waals surface area contributed by atoms with Gasteiger partial charge in [0.1, 0.15) is 0 Å². The minimum absolute atomic E-state index is 0.0747. The van der Waals surface area contributed by atoms with Crippen LogP contribution in [0.4, 0.5) is 4.79 Å². The average Bonchev–Trinajstić information content (AvgIpc) is 3.13. The Balaban J connectivity index is 1.94. The van der Waals surface area contributed by atoms with Crippen molar-refractivity contribution >= 4 is 29.0 Å². The van der Waals surface area contributed by atoms with Crippen LogP contribution in [-0.2, 0) is 4.79 Å². The lowest BCUT2D eigenvalue weighted by Crippen LogP contribution is -2.36. The molecule has 5 heteroatoms. The maximum atomic E-state index is 12.5. The van der Waals surface area contributed by atoms with Crippen LogP contribution in [0.2, 0.25) is 0 Å². The van der Waals surface area contributed by atoms with Gasteiger partial charge >= 0.3 is 0 Å². The zero-order chi connectivity index (χ0) is 16.4. The first-order valence-corrected chi connectivity index (χ1v) is 8.43. The van der Waals surface area contributed by atoms with Crippen LogP contribution in [0.15, 0.2) is 53.6 Å². The molecule has 1 aromatic heterocycles. The molecule has 1 saturated heterocycles. The van der Waals surface area contributed by atoms with E-state index in [2.05, 4.69) is 0 Å². The molecule has 0 bridgehead atoms. The minimum atomic E-state index is -0.199. The number of benzene rings is 1. The van der Waals surface area contributed by atoms with E-state index in [1.165, 1.54) is 4.90 Å². The van der Waals surface area contributed by atoms with Crippen molar-refractivity contribution in [2.75, 3.05) is 0 Å². The predicted octanol–water partition coefficient (Wildman–Crippen LogP) is 4.31. The van der Waals surface area contributed by atoms with Gasteiger partial charge in [0.05, 0.1) is 4.91 Å². The number of imide groups is 1. The van der Waals surface area contributed by atoms with Crippen molar-refractivity contribution in [1.82, 2.24) is 9.47 Å². The summed E-state index contributed by atoms with van der Waals surface area (Å²) in [5, 5.41) is -0.187. The van der Waals surface area contributed by atoms with E-state index in [-0.39, 0.29) is 17.2 Å². The van der Waals surface area contributed by atoms with Crippen molar-refractivity contribution < 1.29 is 9.59 Å². The molecule has 4 nitrogen and oxygen atoms in total. The van der Waals surface area contributed by atoms with Crippen molar-refractivity contribution in [3.8, 4) is 5.69 Å². The fraction of sp³-hybridized carbons (Fsp3) is 0.222. The quantitative estimate of drug-likeness (QED) is 0.786. The number of hydrogen-bond donors (Lipinski definition) is 0. The second-order valence-corrected chi connectivity index (χ2v) is 6.44.